The molecule has 0 aliphatic carbocycles. The Balaban J connectivity index is 2.26. The van der Waals surface area contributed by atoms with Crippen molar-refractivity contribution in [3.8, 4) is 23.1 Å². The van der Waals surface area contributed by atoms with Gasteiger partial charge in [-0.05, 0) is 24.3 Å². The second-order valence-corrected chi connectivity index (χ2v) is 6.49. The molecule has 0 radical (unpaired) electrons. The van der Waals surface area contributed by atoms with E-state index in [9.17, 15) is 13.2 Å². The molecule has 0 amide bonds. The van der Waals surface area contributed by atoms with Crippen LogP contribution in [0, 0.1) is 11.3 Å². The zero-order valence-corrected chi connectivity index (χ0v) is 14.6. The zero-order chi connectivity index (χ0) is 18.7. The Bertz CT molecular complexity index is 979. The van der Waals surface area contributed by atoms with E-state index in [1.165, 1.54) is 22.8 Å². The molecule has 0 aliphatic heterocycles. The van der Waals surface area contributed by atoms with Gasteiger partial charge in [-0.1, -0.05) is 47.6 Å². The van der Waals surface area contributed by atoms with E-state index in [1.54, 1.807) is 24.3 Å². The number of aromatic nitrogens is 3. The third kappa shape index (κ3) is 3.69. The summed E-state index contributed by atoms with van der Waals surface area (Å²) in [4.78, 5) is 0. The lowest BCUT2D eigenvalue weighted by molar-refractivity contribution is -0.137. The number of rotatable bonds is 4. The van der Waals surface area contributed by atoms with E-state index >= 15 is 0 Å². The van der Waals surface area contributed by atoms with Gasteiger partial charge in [0.15, 0.2) is 11.0 Å². The van der Waals surface area contributed by atoms with Crippen molar-refractivity contribution in [2.24, 2.45) is 0 Å². The number of nitrogens with zero attached hydrogens (tertiary/aromatic N) is 4. The average molecular weight is 395 g/mol. The second kappa shape index (κ2) is 7.40. The third-order valence-corrected chi connectivity index (χ3v) is 4.46. The van der Waals surface area contributed by atoms with Gasteiger partial charge in [0.1, 0.15) is 0 Å². The molecule has 0 fully saturated rings. The van der Waals surface area contributed by atoms with Crippen molar-refractivity contribution in [1.82, 2.24) is 14.8 Å². The minimum atomic E-state index is -4.55. The zero-order valence-electron chi connectivity index (χ0n) is 13.0. The Morgan fingerprint density at radius 3 is 2.58 bits per heavy atom. The highest BCUT2D eigenvalue weighted by Gasteiger charge is 2.35. The summed E-state index contributed by atoms with van der Waals surface area (Å²) in [6.45, 7) is 0. The Morgan fingerprint density at radius 2 is 1.88 bits per heavy atom. The molecule has 0 unspecified atom stereocenters. The van der Waals surface area contributed by atoms with Crippen molar-refractivity contribution < 1.29 is 13.2 Å². The molecular formula is C17H10ClF3N4S. The van der Waals surface area contributed by atoms with Crippen LogP contribution in [0.3, 0.4) is 0 Å². The van der Waals surface area contributed by atoms with E-state index in [0.29, 0.717) is 10.6 Å². The van der Waals surface area contributed by atoms with Crippen LogP contribution in [0.25, 0.3) is 17.1 Å². The van der Waals surface area contributed by atoms with Crippen LogP contribution in [0.4, 0.5) is 13.2 Å². The standard InChI is InChI=1S/C17H10ClF3N4S/c18-12-5-3-4-11(10-12)15-23-24-16(26-9-8-22)25(15)14-7-2-1-6-13(14)17(19,20)21/h1-7,10H,9H2. The highest BCUT2D eigenvalue weighted by atomic mass is 35.5. The SMILES string of the molecule is N#CCSc1nnc(-c2cccc(Cl)c2)n1-c1ccccc1C(F)(F)F. The van der Waals surface area contributed by atoms with Gasteiger partial charge in [-0.25, -0.2) is 0 Å². The molecule has 26 heavy (non-hydrogen) atoms. The molecule has 0 spiro atoms. The normalized spacial score (nSPS) is 11.3. The number of thioether (sulfide) groups is 1. The highest BCUT2D eigenvalue weighted by molar-refractivity contribution is 7.99. The van der Waals surface area contributed by atoms with Crippen LogP contribution in [0.5, 0.6) is 0 Å². The molecule has 2 aromatic carbocycles. The fourth-order valence-electron chi connectivity index (χ4n) is 2.40. The quantitative estimate of drug-likeness (QED) is 0.569. The van der Waals surface area contributed by atoms with E-state index in [0.717, 1.165) is 17.8 Å². The predicted molar refractivity (Wildman–Crippen MR) is 93.1 cm³/mol. The summed E-state index contributed by atoms with van der Waals surface area (Å²) in [6, 6.07) is 13.7. The Hall–Kier alpha value is -2.50. The van der Waals surface area contributed by atoms with Crippen molar-refractivity contribution in [2.45, 2.75) is 11.3 Å². The molecule has 9 heteroatoms. The van der Waals surface area contributed by atoms with E-state index in [2.05, 4.69) is 10.2 Å². The lowest BCUT2D eigenvalue weighted by Crippen LogP contribution is -2.12. The summed E-state index contributed by atoms with van der Waals surface area (Å²) in [5, 5.41) is 17.4. The summed E-state index contributed by atoms with van der Waals surface area (Å²) in [7, 11) is 0. The summed E-state index contributed by atoms with van der Waals surface area (Å²) in [5.41, 5.74) is -0.409. The molecule has 0 atom stereocenters. The van der Waals surface area contributed by atoms with Crippen molar-refractivity contribution in [1.29, 1.82) is 5.26 Å². The van der Waals surface area contributed by atoms with Crippen LogP contribution in [-0.4, -0.2) is 20.5 Å². The van der Waals surface area contributed by atoms with E-state index in [-0.39, 0.29) is 22.4 Å². The summed E-state index contributed by atoms with van der Waals surface area (Å²) < 4.78 is 41.8. The number of nitriles is 1. The molecule has 4 nitrogen and oxygen atoms in total. The molecule has 1 aromatic heterocycles. The minimum absolute atomic E-state index is 0.0296. The number of alkyl halides is 3. The molecule has 0 saturated carbocycles. The lowest BCUT2D eigenvalue weighted by Gasteiger charge is -2.16. The van der Waals surface area contributed by atoms with Gasteiger partial charge in [-0.3, -0.25) is 4.57 Å². The fraction of sp³-hybridized carbons (Fsp3) is 0.118. The summed E-state index contributed by atoms with van der Waals surface area (Å²) in [5.74, 6) is 0.242. The number of para-hydroxylation sites is 1. The lowest BCUT2D eigenvalue weighted by atomic mass is 10.1. The highest BCUT2D eigenvalue weighted by Crippen LogP contribution is 2.37. The van der Waals surface area contributed by atoms with E-state index < -0.39 is 11.7 Å². The Morgan fingerprint density at radius 1 is 1.12 bits per heavy atom. The monoisotopic (exact) mass is 394 g/mol. The predicted octanol–water partition coefficient (Wildman–Crippen LogP) is 5.22. The van der Waals surface area contributed by atoms with Crippen LogP contribution in [0.1, 0.15) is 5.56 Å². The smallest absolute Gasteiger partial charge is 0.269 e. The van der Waals surface area contributed by atoms with Crippen LogP contribution in [-0.2, 0) is 6.18 Å². The summed E-state index contributed by atoms with van der Waals surface area (Å²) >= 11 is 7.01. The van der Waals surface area contributed by atoms with Gasteiger partial charge >= 0.3 is 6.18 Å². The number of halogens is 4. The Labute approximate surface area is 156 Å². The second-order valence-electron chi connectivity index (χ2n) is 5.11. The molecule has 0 saturated heterocycles. The maximum Gasteiger partial charge on any atom is 0.418 e. The van der Waals surface area contributed by atoms with Gasteiger partial charge in [0.25, 0.3) is 0 Å². The topological polar surface area (TPSA) is 54.5 Å². The number of hydrogen-bond acceptors (Lipinski definition) is 4. The number of benzene rings is 2. The molecule has 3 rings (SSSR count). The molecule has 1 heterocycles. The molecule has 0 N–H and O–H groups in total. The molecule has 132 valence electrons. The van der Waals surface area contributed by atoms with Gasteiger partial charge < -0.3 is 0 Å². The van der Waals surface area contributed by atoms with Crippen molar-refractivity contribution in [3.63, 3.8) is 0 Å². The number of hydrogen-bond donors (Lipinski definition) is 0. The van der Waals surface area contributed by atoms with Crippen LogP contribution in [0.15, 0.2) is 53.7 Å². The van der Waals surface area contributed by atoms with Gasteiger partial charge in [0.05, 0.1) is 23.1 Å². The van der Waals surface area contributed by atoms with Gasteiger partial charge in [0.2, 0.25) is 0 Å². The largest absolute Gasteiger partial charge is 0.418 e. The van der Waals surface area contributed by atoms with Crippen LogP contribution < -0.4 is 0 Å². The van der Waals surface area contributed by atoms with Crippen molar-refractivity contribution >= 4 is 23.4 Å². The average Bonchev–Trinajstić information content (AvgIpc) is 3.03. The maximum atomic E-state index is 13.5. The Kier molecular flexibility index (Phi) is 5.20. The molecular weight excluding hydrogens is 385 g/mol. The third-order valence-electron chi connectivity index (χ3n) is 3.43. The van der Waals surface area contributed by atoms with Crippen molar-refractivity contribution in [3.05, 3.63) is 59.1 Å². The van der Waals surface area contributed by atoms with Crippen LogP contribution >= 0.6 is 23.4 Å². The van der Waals surface area contributed by atoms with E-state index in [1.807, 2.05) is 6.07 Å². The van der Waals surface area contributed by atoms with Gasteiger partial charge in [0, 0.05) is 10.6 Å². The van der Waals surface area contributed by atoms with Gasteiger partial charge in [-0.15, -0.1) is 10.2 Å². The molecule has 0 bridgehead atoms. The van der Waals surface area contributed by atoms with Crippen LogP contribution in [0.2, 0.25) is 5.02 Å². The van der Waals surface area contributed by atoms with Crippen molar-refractivity contribution in [2.75, 3.05) is 5.75 Å². The summed E-state index contributed by atoms with van der Waals surface area (Å²) in [6.07, 6.45) is -4.55. The first-order chi connectivity index (χ1) is 12.4. The first-order valence-electron chi connectivity index (χ1n) is 7.29. The van der Waals surface area contributed by atoms with Gasteiger partial charge in [-0.2, -0.15) is 18.4 Å². The minimum Gasteiger partial charge on any atom is -0.269 e. The molecule has 0 aliphatic rings. The van der Waals surface area contributed by atoms with E-state index in [4.69, 9.17) is 16.9 Å². The first-order valence-corrected chi connectivity index (χ1v) is 8.66. The fourth-order valence-corrected chi connectivity index (χ4v) is 3.20. The maximum absolute atomic E-state index is 13.5. The molecule has 3 aromatic rings. The first kappa shape index (κ1) is 18.3.